The van der Waals surface area contributed by atoms with E-state index in [0.717, 1.165) is 29.8 Å². The SMILES string of the molecule is Cc1cc(Oc2nc3c(cc2CN)CCCC3)n[nH]1. The number of aromatic amines is 1. The van der Waals surface area contributed by atoms with Crippen LogP contribution in [0.25, 0.3) is 0 Å². The van der Waals surface area contributed by atoms with Gasteiger partial charge in [0, 0.05) is 29.6 Å². The maximum atomic E-state index is 5.79. The third kappa shape index (κ3) is 2.46. The van der Waals surface area contributed by atoms with Crippen LogP contribution in [0, 0.1) is 6.92 Å². The van der Waals surface area contributed by atoms with E-state index in [4.69, 9.17) is 10.5 Å². The Morgan fingerprint density at radius 1 is 1.32 bits per heavy atom. The van der Waals surface area contributed by atoms with Gasteiger partial charge in [-0.1, -0.05) is 0 Å². The number of pyridine rings is 1. The molecule has 2 aromatic rings. The second kappa shape index (κ2) is 5.01. The highest BCUT2D eigenvalue weighted by molar-refractivity contribution is 5.37. The van der Waals surface area contributed by atoms with E-state index in [2.05, 4.69) is 21.2 Å². The van der Waals surface area contributed by atoms with E-state index < -0.39 is 0 Å². The Morgan fingerprint density at radius 3 is 2.89 bits per heavy atom. The molecule has 2 aromatic heterocycles. The molecule has 3 rings (SSSR count). The normalized spacial score (nSPS) is 14.2. The summed E-state index contributed by atoms with van der Waals surface area (Å²) in [7, 11) is 0. The van der Waals surface area contributed by atoms with Crippen molar-refractivity contribution in [1.29, 1.82) is 0 Å². The van der Waals surface area contributed by atoms with E-state index >= 15 is 0 Å². The van der Waals surface area contributed by atoms with Gasteiger partial charge in [-0.05, 0) is 44.2 Å². The molecule has 0 fully saturated rings. The topological polar surface area (TPSA) is 76.8 Å². The summed E-state index contributed by atoms with van der Waals surface area (Å²) in [5.41, 5.74) is 10.2. The molecule has 0 radical (unpaired) electrons. The fraction of sp³-hybridized carbons (Fsp3) is 0.429. The average Bonchev–Trinajstić information content (AvgIpc) is 2.83. The maximum Gasteiger partial charge on any atom is 0.240 e. The molecule has 3 N–H and O–H groups in total. The quantitative estimate of drug-likeness (QED) is 0.885. The van der Waals surface area contributed by atoms with E-state index in [-0.39, 0.29) is 0 Å². The van der Waals surface area contributed by atoms with Crippen molar-refractivity contribution in [1.82, 2.24) is 15.2 Å². The van der Waals surface area contributed by atoms with E-state index in [1.807, 2.05) is 13.0 Å². The molecule has 0 bridgehead atoms. The van der Waals surface area contributed by atoms with Crippen molar-refractivity contribution in [3.8, 4) is 11.8 Å². The molecule has 100 valence electrons. The molecule has 1 aliphatic rings. The maximum absolute atomic E-state index is 5.79. The van der Waals surface area contributed by atoms with Crippen molar-refractivity contribution in [3.63, 3.8) is 0 Å². The van der Waals surface area contributed by atoms with Gasteiger partial charge >= 0.3 is 0 Å². The van der Waals surface area contributed by atoms with Crippen LogP contribution in [-0.4, -0.2) is 15.2 Å². The van der Waals surface area contributed by atoms with E-state index in [1.165, 1.54) is 18.4 Å². The predicted molar refractivity (Wildman–Crippen MR) is 72.2 cm³/mol. The van der Waals surface area contributed by atoms with Gasteiger partial charge in [-0.15, -0.1) is 5.10 Å². The first-order valence-electron chi connectivity index (χ1n) is 6.68. The van der Waals surface area contributed by atoms with Crippen LogP contribution in [0.15, 0.2) is 12.1 Å². The summed E-state index contributed by atoms with van der Waals surface area (Å²) < 4.78 is 5.75. The fourth-order valence-electron chi connectivity index (χ4n) is 2.44. The number of hydrogen-bond acceptors (Lipinski definition) is 4. The van der Waals surface area contributed by atoms with Crippen LogP contribution < -0.4 is 10.5 Å². The zero-order valence-electron chi connectivity index (χ0n) is 11.1. The lowest BCUT2D eigenvalue weighted by molar-refractivity contribution is 0.433. The molecule has 0 saturated carbocycles. The number of aromatic nitrogens is 3. The molecule has 0 spiro atoms. The van der Waals surface area contributed by atoms with Gasteiger partial charge in [0.15, 0.2) is 0 Å². The van der Waals surface area contributed by atoms with Crippen molar-refractivity contribution in [2.75, 3.05) is 0 Å². The average molecular weight is 258 g/mol. The van der Waals surface area contributed by atoms with Crippen LogP contribution >= 0.6 is 0 Å². The molecular formula is C14H18N4O. The number of rotatable bonds is 3. The van der Waals surface area contributed by atoms with Crippen molar-refractivity contribution >= 4 is 0 Å². The van der Waals surface area contributed by atoms with Crippen LogP contribution in [0.2, 0.25) is 0 Å². The lowest BCUT2D eigenvalue weighted by atomic mass is 9.95. The first-order chi connectivity index (χ1) is 9.26. The third-order valence-electron chi connectivity index (χ3n) is 3.44. The molecular weight excluding hydrogens is 240 g/mol. The van der Waals surface area contributed by atoms with Crippen LogP contribution in [0.3, 0.4) is 0 Å². The molecule has 5 heteroatoms. The molecule has 0 aromatic carbocycles. The Bertz CT molecular complexity index is 591. The van der Waals surface area contributed by atoms with Crippen LogP contribution in [0.5, 0.6) is 11.8 Å². The molecule has 19 heavy (non-hydrogen) atoms. The number of H-pyrrole nitrogens is 1. The van der Waals surface area contributed by atoms with Crippen molar-refractivity contribution in [2.24, 2.45) is 5.73 Å². The fourth-order valence-corrected chi connectivity index (χ4v) is 2.44. The smallest absolute Gasteiger partial charge is 0.240 e. The largest absolute Gasteiger partial charge is 0.419 e. The highest BCUT2D eigenvalue weighted by atomic mass is 16.5. The Balaban J connectivity index is 1.95. The number of nitrogens with zero attached hydrogens (tertiary/aromatic N) is 2. The zero-order chi connectivity index (χ0) is 13.2. The van der Waals surface area contributed by atoms with Crippen LogP contribution in [0.4, 0.5) is 0 Å². The number of hydrogen-bond donors (Lipinski definition) is 2. The van der Waals surface area contributed by atoms with E-state index in [0.29, 0.717) is 18.3 Å². The molecule has 0 unspecified atom stereocenters. The number of nitrogens with two attached hydrogens (primary N) is 1. The second-order valence-electron chi connectivity index (χ2n) is 4.96. The summed E-state index contributed by atoms with van der Waals surface area (Å²) in [6.45, 7) is 2.36. The van der Waals surface area contributed by atoms with Gasteiger partial charge in [-0.3, -0.25) is 5.10 Å². The summed E-state index contributed by atoms with van der Waals surface area (Å²) >= 11 is 0. The summed E-state index contributed by atoms with van der Waals surface area (Å²) in [6.07, 6.45) is 4.55. The molecule has 1 aliphatic carbocycles. The Morgan fingerprint density at radius 2 is 2.16 bits per heavy atom. The number of nitrogens with one attached hydrogen (secondary N) is 1. The summed E-state index contributed by atoms with van der Waals surface area (Å²) in [4.78, 5) is 4.63. The van der Waals surface area contributed by atoms with Crippen LogP contribution in [0.1, 0.15) is 35.4 Å². The predicted octanol–water partition coefficient (Wildman–Crippen LogP) is 2.24. The van der Waals surface area contributed by atoms with Crippen molar-refractivity contribution in [3.05, 3.63) is 34.6 Å². The number of ether oxygens (including phenoxy) is 1. The van der Waals surface area contributed by atoms with Gasteiger partial charge in [0.05, 0.1) is 0 Å². The third-order valence-corrected chi connectivity index (χ3v) is 3.44. The highest BCUT2D eigenvalue weighted by Crippen LogP contribution is 2.28. The lowest BCUT2D eigenvalue weighted by Gasteiger charge is -2.17. The summed E-state index contributed by atoms with van der Waals surface area (Å²) in [6, 6.07) is 3.98. The number of fused-ring (bicyclic) bond motifs is 1. The van der Waals surface area contributed by atoms with E-state index in [1.54, 1.807) is 0 Å². The van der Waals surface area contributed by atoms with Gasteiger partial charge in [-0.25, -0.2) is 4.98 Å². The van der Waals surface area contributed by atoms with Crippen molar-refractivity contribution in [2.45, 2.75) is 39.2 Å². The Kier molecular flexibility index (Phi) is 3.21. The second-order valence-corrected chi connectivity index (χ2v) is 4.96. The van der Waals surface area contributed by atoms with Gasteiger partial charge in [0.1, 0.15) is 0 Å². The van der Waals surface area contributed by atoms with E-state index in [9.17, 15) is 0 Å². The molecule has 0 aliphatic heterocycles. The first kappa shape index (κ1) is 12.2. The van der Waals surface area contributed by atoms with Crippen LogP contribution in [-0.2, 0) is 19.4 Å². The van der Waals surface area contributed by atoms with Gasteiger partial charge in [-0.2, -0.15) is 0 Å². The zero-order valence-corrected chi connectivity index (χ0v) is 11.1. The Labute approximate surface area is 112 Å². The highest BCUT2D eigenvalue weighted by Gasteiger charge is 2.16. The lowest BCUT2D eigenvalue weighted by Crippen LogP contribution is -2.10. The van der Waals surface area contributed by atoms with Gasteiger partial charge < -0.3 is 10.5 Å². The minimum Gasteiger partial charge on any atom is -0.419 e. The Hall–Kier alpha value is -1.88. The first-order valence-corrected chi connectivity index (χ1v) is 6.68. The molecule has 0 saturated heterocycles. The minimum absolute atomic E-state index is 0.430. The monoisotopic (exact) mass is 258 g/mol. The van der Waals surface area contributed by atoms with Crippen molar-refractivity contribution < 1.29 is 4.74 Å². The molecule has 0 amide bonds. The van der Waals surface area contributed by atoms with Gasteiger partial charge in [0.2, 0.25) is 11.8 Å². The summed E-state index contributed by atoms with van der Waals surface area (Å²) in [5, 5.41) is 6.93. The molecule has 2 heterocycles. The number of aryl methyl sites for hydroxylation is 3. The molecule has 5 nitrogen and oxygen atoms in total. The van der Waals surface area contributed by atoms with Gasteiger partial charge in [0.25, 0.3) is 0 Å². The summed E-state index contributed by atoms with van der Waals surface area (Å²) in [5.74, 6) is 1.13. The standard InChI is InChI=1S/C14H18N4O/c1-9-6-13(18-17-9)19-14-11(8-15)7-10-4-2-3-5-12(10)16-14/h6-7H,2-5,8,15H2,1H3,(H,17,18). The minimum atomic E-state index is 0.430. The molecule has 0 atom stereocenters.